The molecule has 0 unspecified atom stereocenters. The van der Waals surface area contributed by atoms with Gasteiger partial charge in [-0.05, 0) is 29.8 Å². The van der Waals surface area contributed by atoms with Crippen molar-refractivity contribution in [2.75, 3.05) is 13.8 Å². The van der Waals surface area contributed by atoms with Crippen LogP contribution >= 0.6 is 0 Å². The van der Waals surface area contributed by atoms with Crippen LogP contribution in [0.1, 0.15) is 15.9 Å². The molecule has 0 atom stereocenters. The van der Waals surface area contributed by atoms with E-state index in [4.69, 9.17) is 9.47 Å². The summed E-state index contributed by atoms with van der Waals surface area (Å²) in [6.07, 6.45) is 1.50. The summed E-state index contributed by atoms with van der Waals surface area (Å²) in [7, 11) is 1.65. The molecule has 3 rings (SSSR count). The van der Waals surface area contributed by atoms with Crippen LogP contribution in [0.25, 0.3) is 0 Å². The van der Waals surface area contributed by atoms with Crippen molar-refractivity contribution in [2.45, 2.75) is 6.54 Å². The molecule has 0 aliphatic carbocycles. The molecule has 1 N–H and O–H groups in total. The lowest BCUT2D eigenvalue weighted by Gasteiger charge is -2.17. The fourth-order valence-corrected chi connectivity index (χ4v) is 2.18. The van der Waals surface area contributed by atoms with Crippen LogP contribution in [0, 0.1) is 0 Å². The van der Waals surface area contributed by atoms with E-state index in [0.717, 1.165) is 5.56 Å². The lowest BCUT2D eigenvalue weighted by molar-refractivity contribution is 0.0783. The number of hydrogen-bond acceptors (Lipinski definition) is 4. The van der Waals surface area contributed by atoms with E-state index < -0.39 is 0 Å². The van der Waals surface area contributed by atoms with Crippen molar-refractivity contribution in [3.8, 4) is 11.5 Å². The number of hydrogen-bond donors (Lipinski definition) is 1. The molecular formula is C15H14N2O4. The van der Waals surface area contributed by atoms with Crippen LogP contribution in [-0.2, 0) is 6.54 Å². The topological polar surface area (TPSA) is 71.6 Å². The zero-order chi connectivity index (χ0) is 14.8. The zero-order valence-corrected chi connectivity index (χ0v) is 11.5. The first-order valence-corrected chi connectivity index (χ1v) is 6.47. The minimum atomic E-state index is -0.389. The Labute approximate surface area is 120 Å². The molecule has 2 heterocycles. The lowest BCUT2D eigenvalue weighted by atomic mass is 10.1. The number of ether oxygens (including phenoxy) is 2. The second kappa shape index (κ2) is 5.32. The average Bonchev–Trinajstić information content (AvgIpc) is 2.94. The number of pyridine rings is 1. The summed E-state index contributed by atoms with van der Waals surface area (Å²) in [5.41, 5.74) is 0.642. The van der Waals surface area contributed by atoms with Crippen LogP contribution in [0.3, 0.4) is 0 Å². The molecule has 1 amide bonds. The van der Waals surface area contributed by atoms with Crippen molar-refractivity contribution >= 4 is 5.91 Å². The summed E-state index contributed by atoms with van der Waals surface area (Å²) in [4.78, 5) is 27.9. The molecule has 21 heavy (non-hydrogen) atoms. The van der Waals surface area contributed by atoms with E-state index in [2.05, 4.69) is 4.98 Å². The Kier molecular flexibility index (Phi) is 3.35. The van der Waals surface area contributed by atoms with Gasteiger partial charge in [-0.15, -0.1) is 0 Å². The highest BCUT2D eigenvalue weighted by Gasteiger charge is 2.17. The van der Waals surface area contributed by atoms with Crippen LogP contribution in [0.4, 0.5) is 0 Å². The molecule has 0 bridgehead atoms. The van der Waals surface area contributed by atoms with Gasteiger partial charge >= 0.3 is 0 Å². The van der Waals surface area contributed by atoms with Gasteiger partial charge in [0.1, 0.15) is 5.56 Å². The maximum Gasteiger partial charge on any atom is 0.260 e. The van der Waals surface area contributed by atoms with E-state index in [1.165, 1.54) is 17.2 Å². The maximum atomic E-state index is 12.3. The van der Waals surface area contributed by atoms with Gasteiger partial charge in [0.2, 0.25) is 6.79 Å². The predicted molar refractivity (Wildman–Crippen MR) is 75.4 cm³/mol. The third-order valence-corrected chi connectivity index (χ3v) is 3.25. The second-order valence-electron chi connectivity index (χ2n) is 4.76. The maximum absolute atomic E-state index is 12.3. The molecule has 0 radical (unpaired) electrons. The summed E-state index contributed by atoms with van der Waals surface area (Å²) >= 11 is 0. The van der Waals surface area contributed by atoms with Crippen LogP contribution in [0.2, 0.25) is 0 Å². The summed E-state index contributed by atoms with van der Waals surface area (Å²) in [6.45, 7) is 0.594. The molecule has 0 spiro atoms. The van der Waals surface area contributed by atoms with Gasteiger partial charge in [0.25, 0.3) is 11.5 Å². The third-order valence-electron chi connectivity index (χ3n) is 3.25. The summed E-state index contributed by atoms with van der Waals surface area (Å²) < 4.78 is 10.5. The number of H-pyrrole nitrogens is 1. The number of benzene rings is 1. The van der Waals surface area contributed by atoms with Gasteiger partial charge in [-0.2, -0.15) is 0 Å². The molecule has 0 fully saturated rings. The number of carbonyl (C=O) groups excluding carboxylic acids is 1. The largest absolute Gasteiger partial charge is 0.454 e. The zero-order valence-electron chi connectivity index (χ0n) is 11.5. The molecule has 1 aliphatic heterocycles. The van der Waals surface area contributed by atoms with E-state index >= 15 is 0 Å². The average molecular weight is 286 g/mol. The molecule has 6 nitrogen and oxygen atoms in total. The fourth-order valence-electron chi connectivity index (χ4n) is 2.18. The number of carbonyl (C=O) groups is 1. The van der Waals surface area contributed by atoms with Gasteiger partial charge in [0.15, 0.2) is 11.5 Å². The number of aromatic nitrogens is 1. The molecule has 6 heteroatoms. The quantitative estimate of drug-likeness (QED) is 0.925. The first-order chi connectivity index (χ1) is 10.1. The Bertz CT molecular complexity index is 738. The van der Waals surface area contributed by atoms with E-state index in [1.54, 1.807) is 13.1 Å². The number of nitrogens with one attached hydrogen (secondary N) is 1. The monoisotopic (exact) mass is 286 g/mol. The number of aromatic amines is 1. The SMILES string of the molecule is CN(Cc1ccc2c(c1)OCO2)C(=O)c1ccc[nH]c1=O. The number of rotatable bonds is 3. The Balaban J connectivity index is 1.77. The Morgan fingerprint density at radius 3 is 2.90 bits per heavy atom. The summed E-state index contributed by atoms with van der Waals surface area (Å²) in [5.74, 6) is 1.05. The van der Waals surface area contributed by atoms with Crippen molar-refractivity contribution in [1.29, 1.82) is 0 Å². The Morgan fingerprint density at radius 1 is 1.29 bits per heavy atom. The third kappa shape index (κ3) is 2.60. The van der Waals surface area contributed by atoms with Crippen LogP contribution in [0.5, 0.6) is 11.5 Å². The highest BCUT2D eigenvalue weighted by Crippen LogP contribution is 2.32. The summed E-state index contributed by atoms with van der Waals surface area (Å²) in [6, 6.07) is 8.65. The van der Waals surface area contributed by atoms with Crippen LogP contribution in [-0.4, -0.2) is 29.6 Å². The highest BCUT2D eigenvalue weighted by atomic mass is 16.7. The standard InChI is InChI=1S/C15H14N2O4/c1-17(15(19)11-3-2-6-16-14(11)18)8-10-4-5-12-13(7-10)21-9-20-12/h2-7H,8-9H2,1H3,(H,16,18). The van der Waals surface area contributed by atoms with Crippen molar-refractivity contribution < 1.29 is 14.3 Å². The molecule has 0 saturated carbocycles. The minimum Gasteiger partial charge on any atom is -0.454 e. The molecule has 0 saturated heterocycles. The van der Waals surface area contributed by atoms with Gasteiger partial charge in [-0.25, -0.2) is 0 Å². The van der Waals surface area contributed by atoms with Gasteiger partial charge in [0, 0.05) is 19.8 Å². The highest BCUT2D eigenvalue weighted by molar-refractivity contribution is 5.93. The van der Waals surface area contributed by atoms with Crippen LogP contribution in [0.15, 0.2) is 41.3 Å². The van der Waals surface area contributed by atoms with E-state index in [1.807, 2.05) is 18.2 Å². The predicted octanol–water partition coefficient (Wildman–Crippen LogP) is 1.38. The molecule has 1 aromatic heterocycles. The number of amides is 1. The van der Waals surface area contributed by atoms with Gasteiger partial charge < -0.3 is 19.4 Å². The van der Waals surface area contributed by atoms with Gasteiger partial charge in [-0.1, -0.05) is 6.07 Å². The molecular weight excluding hydrogens is 272 g/mol. The number of fused-ring (bicyclic) bond motifs is 1. The molecule has 108 valence electrons. The minimum absolute atomic E-state index is 0.126. The van der Waals surface area contributed by atoms with Crippen molar-refractivity contribution in [2.24, 2.45) is 0 Å². The molecule has 1 aromatic carbocycles. The summed E-state index contributed by atoms with van der Waals surface area (Å²) in [5, 5.41) is 0. The van der Waals surface area contributed by atoms with Crippen LogP contribution < -0.4 is 15.0 Å². The Morgan fingerprint density at radius 2 is 2.10 bits per heavy atom. The van der Waals surface area contributed by atoms with Gasteiger partial charge in [-0.3, -0.25) is 9.59 Å². The van der Waals surface area contributed by atoms with Crippen molar-refractivity contribution in [3.63, 3.8) is 0 Å². The van der Waals surface area contributed by atoms with Gasteiger partial charge in [0.05, 0.1) is 0 Å². The fraction of sp³-hybridized carbons (Fsp3) is 0.200. The van der Waals surface area contributed by atoms with E-state index in [9.17, 15) is 9.59 Å². The first-order valence-electron chi connectivity index (χ1n) is 6.47. The smallest absolute Gasteiger partial charge is 0.260 e. The second-order valence-corrected chi connectivity index (χ2v) is 4.76. The molecule has 2 aromatic rings. The lowest BCUT2D eigenvalue weighted by Crippen LogP contribution is -2.31. The van der Waals surface area contributed by atoms with Crippen molar-refractivity contribution in [1.82, 2.24) is 9.88 Å². The van der Waals surface area contributed by atoms with Crippen molar-refractivity contribution in [3.05, 3.63) is 58.0 Å². The number of nitrogens with zero attached hydrogens (tertiary/aromatic N) is 1. The first kappa shape index (κ1) is 13.2. The molecule has 1 aliphatic rings. The van der Waals surface area contributed by atoms with E-state index in [-0.39, 0.29) is 23.8 Å². The normalized spacial score (nSPS) is 12.2. The Hall–Kier alpha value is -2.76. The van der Waals surface area contributed by atoms with E-state index in [0.29, 0.717) is 18.0 Å².